The first-order chi connectivity index (χ1) is 7.72. The molecule has 1 unspecified atom stereocenters. The fourth-order valence-corrected chi connectivity index (χ4v) is 1.81. The van der Waals surface area contributed by atoms with E-state index in [1.165, 1.54) is 0 Å². The number of aromatic nitrogens is 2. The van der Waals surface area contributed by atoms with E-state index in [0.29, 0.717) is 0 Å². The van der Waals surface area contributed by atoms with Gasteiger partial charge in [0.1, 0.15) is 0 Å². The topological polar surface area (TPSA) is 50.1 Å². The third-order valence-electron chi connectivity index (χ3n) is 2.80. The second-order valence-electron chi connectivity index (χ2n) is 4.01. The number of fused-ring (bicyclic) bond motifs is 1. The van der Waals surface area contributed by atoms with Crippen molar-refractivity contribution in [3.05, 3.63) is 30.1 Å². The summed E-state index contributed by atoms with van der Waals surface area (Å²) in [5, 5.41) is 13.0. The third kappa shape index (κ3) is 2.08. The summed E-state index contributed by atoms with van der Waals surface area (Å²) in [5.74, 6) is 0. The summed E-state index contributed by atoms with van der Waals surface area (Å²) in [5.41, 5.74) is 2.95. The van der Waals surface area contributed by atoms with E-state index < -0.39 is 6.10 Å². The first-order valence-corrected chi connectivity index (χ1v) is 5.46. The molecule has 0 saturated heterocycles. The lowest BCUT2D eigenvalue weighted by atomic mass is 10.1. The number of hydrogen-bond acceptors (Lipinski definition) is 3. The Balaban J connectivity index is 2.25. The molecule has 1 aromatic carbocycles. The second kappa shape index (κ2) is 4.63. The Bertz CT molecular complexity index is 478. The van der Waals surface area contributed by atoms with Crippen LogP contribution >= 0.6 is 0 Å². The highest BCUT2D eigenvalue weighted by atomic mass is 16.3. The molecule has 0 spiro atoms. The van der Waals surface area contributed by atoms with Crippen molar-refractivity contribution in [1.29, 1.82) is 0 Å². The highest BCUT2D eigenvalue weighted by Gasteiger charge is 2.08. The molecule has 0 aliphatic rings. The number of aryl methyl sites for hydroxylation is 1. The average Bonchev–Trinajstić information content (AvgIpc) is 2.67. The van der Waals surface area contributed by atoms with Crippen LogP contribution in [-0.4, -0.2) is 28.3 Å². The van der Waals surface area contributed by atoms with Crippen molar-refractivity contribution in [2.75, 3.05) is 13.6 Å². The Morgan fingerprint density at radius 3 is 3.06 bits per heavy atom. The first-order valence-electron chi connectivity index (χ1n) is 5.46. The standard InChI is InChI=1S/C12H17N3O/c1-13-6-5-12(16)9-3-4-11-10(7-9)14-8-15(11)2/h3-4,7-8,12-13,16H,5-6H2,1-2H3. The van der Waals surface area contributed by atoms with Gasteiger partial charge in [-0.1, -0.05) is 6.07 Å². The van der Waals surface area contributed by atoms with Gasteiger partial charge in [0.25, 0.3) is 0 Å². The van der Waals surface area contributed by atoms with E-state index in [1.54, 1.807) is 6.33 Å². The molecular weight excluding hydrogens is 202 g/mol. The number of hydrogen-bond donors (Lipinski definition) is 2. The molecule has 2 N–H and O–H groups in total. The van der Waals surface area contributed by atoms with Crippen molar-refractivity contribution < 1.29 is 5.11 Å². The summed E-state index contributed by atoms with van der Waals surface area (Å²) in [6.07, 6.45) is 2.09. The van der Waals surface area contributed by atoms with Crippen molar-refractivity contribution in [2.24, 2.45) is 7.05 Å². The van der Waals surface area contributed by atoms with Gasteiger partial charge in [-0.05, 0) is 37.7 Å². The van der Waals surface area contributed by atoms with Crippen LogP contribution in [-0.2, 0) is 7.05 Å². The van der Waals surface area contributed by atoms with Crippen LogP contribution in [0.5, 0.6) is 0 Å². The van der Waals surface area contributed by atoms with E-state index in [1.807, 2.05) is 36.9 Å². The zero-order chi connectivity index (χ0) is 11.5. The molecule has 1 aromatic heterocycles. The minimum Gasteiger partial charge on any atom is -0.388 e. The van der Waals surface area contributed by atoms with Gasteiger partial charge in [0.2, 0.25) is 0 Å². The number of aliphatic hydroxyl groups is 1. The smallest absolute Gasteiger partial charge is 0.0955 e. The molecule has 0 aliphatic heterocycles. The van der Waals surface area contributed by atoms with Crippen molar-refractivity contribution in [2.45, 2.75) is 12.5 Å². The van der Waals surface area contributed by atoms with E-state index in [0.717, 1.165) is 29.6 Å². The Morgan fingerprint density at radius 2 is 2.31 bits per heavy atom. The molecule has 4 nitrogen and oxygen atoms in total. The molecule has 0 radical (unpaired) electrons. The van der Waals surface area contributed by atoms with Crippen LogP contribution < -0.4 is 5.32 Å². The van der Waals surface area contributed by atoms with Crippen molar-refractivity contribution >= 4 is 11.0 Å². The van der Waals surface area contributed by atoms with E-state index in [4.69, 9.17) is 0 Å². The maximum absolute atomic E-state index is 9.94. The number of nitrogens with zero attached hydrogens (tertiary/aromatic N) is 2. The second-order valence-corrected chi connectivity index (χ2v) is 4.01. The highest BCUT2D eigenvalue weighted by Crippen LogP contribution is 2.20. The van der Waals surface area contributed by atoms with Gasteiger partial charge in [-0.15, -0.1) is 0 Å². The van der Waals surface area contributed by atoms with Gasteiger partial charge in [-0.3, -0.25) is 0 Å². The van der Waals surface area contributed by atoms with Crippen LogP contribution in [0.3, 0.4) is 0 Å². The Hall–Kier alpha value is -1.39. The van der Waals surface area contributed by atoms with Crippen molar-refractivity contribution in [3.63, 3.8) is 0 Å². The summed E-state index contributed by atoms with van der Waals surface area (Å²) < 4.78 is 1.97. The summed E-state index contributed by atoms with van der Waals surface area (Å²) in [4.78, 5) is 4.28. The van der Waals surface area contributed by atoms with Gasteiger partial charge < -0.3 is 15.0 Å². The molecular formula is C12H17N3O. The van der Waals surface area contributed by atoms with E-state index >= 15 is 0 Å². The number of aliphatic hydroxyl groups excluding tert-OH is 1. The van der Waals surface area contributed by atoms with Crippen LogP contribution in [0.2, 0.25) is 0 Å². The Morgan fingerprint density at radius 1 is 1.50 bits per heavy atom. The molecule has 2 rings (SSSR count). The summed E-state index contributed by atoms with van der Waals surface area (Å²) >= 11 is 0. The number of nitrogens with one attached hydrogen (secondary N) is 1. The largest absolute Gasteiger partial charge is 0.388 e. The van der Waals surface area contributed by atoms with Crippen LogP contribution in [0.25, 0.3) is 11.0 Å². The molecule has 16 heavy (non-hydrogen) atoms. The maximum atomic E-state index is 9.94. The average molecular weight is 219 g/mol. The van der Waals surface area contributed by atoms with Gasteiger partial charge in [-0.25, -0.2) is 4.98 Å². The van der Waals surface area contributed by atoms with Crippen LogP contribution in [0.1, 0.15) is 18.1 Å². The summed E-state index contributed by atoms with van der Waals surface area (Å²) in [6, 6.07) is 5.92. The monoisotopic (exact) mass is 219 g/mol. The molecule has 0 aliphatic carbocycles. The van der Waals surface area contributed by atoms with Gasteiger partial charge in [0, 0.05) is 7.05 Å². The van der Waals surface area contributed by atoms with Crippen molar-refractivity contribution in [3.8, 4) is 0 Å². The molecule has 0 amide bonds. The fraction of sp³-hybridized carbons (Fsp3) is 0.417. The van der Waals surface area contributed by atoms with Gasteiger partial charge in [0.05, 0.1) is 23.5 Å². The molecule has 0 saturated carbocycles. The Kier molecular flexibility index (Phi) is 3.22. The molecule has 1 atom stereocenters. The number of benzene rings is 1. The third-order valence-corrected chi connectivity index (χ3v) is 2.80. The first kappa shape index (κ1) is 11.1. The van der Waals surface area contributed by atoms with Gasteiger partial charge >= 0.3 is 0 Å². The zero-order valence-electron chi connectivity index (χ0n) is 9.64. The van der Waals surface area contributed by atoms with Crippen LogP contribution in [0, 0.1) is 0 Å². The number of imidazole rings is 1. The normalized spacial score (nSPS) is 13.2. The van der Waals surface area contributed by atoms with E-state index in [2.05, 4.69) is 10.3 Å². The van der Waals surface area contributed by atoms with Crippen molar-refractivity contribution in [1.82, 2.24) is 14.9 Å². The SMILES string of the molecule is CNCCC(O)c1ccc2c(c1)ncn2C. The van der Waals surface area contributed by atoms with E-state index in [9.17, 15) is 5.11 Å². The minimum atomic E-state index is -0.418. The summed E-state index contributed by atoms with van der Waals surface area (Å²) in [7, 11) is 3.85. The van der Waals surface area contributed by atoms with Crippen LogP contribution in [0.15, 0.2) is 24.5 Å². The molecule has 0 bridgehead atoms. The quantitative estimate of drug-likeness (QED) is 0.812. The molecule has 0 fully saturated rings. The highest BCUT2D eigenvalue weighted by molar-refractivity contribution is 5.76. The van der Waals surface area contributed by atoms with E-state index in [-0.39, 0.29) is 0 Å². The predicted octanol–water partition coefficient (Wildman–Crippen LogP) is 1.22. The lowest BCUT2D eigenvalue weighted by molar-refractivity contribution is 0.168. The maximum Gasteiger partial charge on any atom is 0.0955 e. The van der Waals surface area contributed by atoms with Gasteiger partial charge in [-0.2, -0.15) is 0 Å². The minimum absolute atomic E-state index is 0.418. The number of rotatable bonds is 4. The lowest BCUT2D eigenvalue weighted by Crippen LogP contribution is -2.11. The lowest BCUT2D eigenvalue weighted by Gasteiger charge is -2.10. The molecule has 86 valence electrons. The van der Waals surface area contributed by atoms with Crippen LogP contribution in [0.4, 0.5) is 0 Å². The predicted molar refractivity (Wildman–Crippen MR) is 64.2 cm³/mol. The molecule has 1 heterocycles. The Labute approximate surface area is 94.9 Å². The molecule has 2 aromatic rings. The van der Waals surface area contributed by atoms with Gasteiger partial charge in [0.15, 0.2) is 0 Å². The zero-order valence-corrected chi connectivity index (χ0v) is 9.64. The summed E-state index contributed by atoms with van der Waals surface area (Å²) in [6.45, 7) is 0.807. The fourth-order valence-electron chi connectivity index (χ4n) is 1.81. The molecule has 4 heteroatoms.